The van der Waals surface area contributed by atoms with Crippen LogP contribution in [0.4, 0.5) is 0 Å². The van der Waals surface area contributed by atoms with Crippen LogP contribution in [0.1, 0.15) is 41.4 Å². The number of pyridine rings is 1. The van der Waals surface area contributed by atoms with Gasteiger partial charge in [-0.3, -0.25) is 9.59 Å². The van der Waals surface area contributed by atoms with Gasteiger partial charge in [-0.05, 0) is 43.5 Å². The molecule has 1 N–H and O–H groups in total. The highest BCUT2D eigenvalue weighted by molar-refractivity contribution is 5.97. The van der Waals surface area contributed by atoms with E-state index in [0.717, 1.165) is 29.8 Å². The average molecular weight is 434 g/mol. The Balaban J connectivity index is 1.18. The molecule has 0 aliphatic carbocycles. The van der Waals surface area contributed by atoms with Gasteiger partial charge in [0.05, 0.1) is 24.1 Å². The van der Waals surface area contributed by atoms with Crippen LogP contribution < -0.4 is 4.74 Å². The molecule has 2 aliphatic heterocycles. The summed E-state index contributed by atoms with van der Waals surface area (Å²) in [6, 6.07) is 11.1. The summed E-state index contributed by atoms with van der Waals surface area (Å²) >= 11 is 0. The normalized spacial score (nSPS) is 19.5. The lowest BCUT2D eigenvalue weighted by atomic mass is 9.95. The molecule has 1 unspecified atom stereocenters. The zero-order valence-corrected chi connectivity index (χ0v) is 18.2. The van der Waals surface area contributed by atoms with E-state index in [2.05, 4.69) is 15.0 Å². The number of ether oxygens (including phenoxy) is 1. The van der Waals surface area contributed by atoms with Gasteiger partial charge in [0, 0.05) is 38.3 Å². The predicted molar refractivity (Wildman–Crippen MR) is 119 cm³/mol. The topological polar surface area (TPSA) is 91.4 Å². The maximum Gasteiger partial charge on any atom is 0.257 e. The van der Waals surface area contributed by atoms with Crippen LogP contribution in [0, 0.1) is 5.92 Å². The number of rotatable bonds is 4. The number of amides is 2. The molecular weight excluding hydrogens is 406 g/mol. The fraction of sp³-hybridized carbons (Fsp3) is 0.417. The lowest BCUT2D eigenvalue weighted by molar-refractivity contribution is -0.136. The number of methoxy groups -OCH3 is 1. The van der Waals surface area contributed by atoms with Crippen molar-refractivity contribution in [1.29, 1.82) is 0 Å². The number of nitrogens with zero attached hydrogens (tertiary/aromatic N) is 4. The summed E-state index contributed by atoms with van der Waals surface area (Å²) in [5.41, 5.74) is 2.24. The summed E-state index contributed by atoms with van der Waals surface area (Å²) in [7, 11) is 1.56. The quantitative estimate of drug-likeness (QED) is 0.683. The van der Waals surface area contributed by atoms with Gasteiger partial charge in [-0.1, -0.05) is 12.1 Å². The number of likely N-dealkylation sites (tertiary alicyclic amines) is 2. The van der Waals surface area contributed by atoms with Crippen molar-refractivity contribution in [1.82, 2.24) is 24.8 Å². The fourth-order valence-corrected chi connectivity index (χ4v) is 4.83. The highest BCUT2D eigenvalue weighted by atomic mass is 16.5. The molecule has 2 amide bonds. The Morgan fingerprint density at radius 2 is 1.81 bits per heavy atom. The molecule has 1 atom stereocenters. The molecule has 0 radical (unpaired) electrons. The Kier molecular flexibility index (Phi) is 5.51. The minimum Gasteiger partial charge on any atom is -0.496 e. The number of carbonyl (C=O) groups excluding carboxylic acids is 2. The first-order valence-corrected chi connectivity index (χ1v) is 11.2. The molecule has 8 heteroatoms. The number of nitrogens with one attached hydrogen (secondary N) is 1. The van der Waals surface area contributed by atoms with E-state index in [9.17, 15) is 9.59 Å². The van der Waals surface area contributed by atoms with Crippen molar-refractivity contribution in [3.63, 3.8) is 0 Å². The zero-order chi connectivity index (χ0) is 22.1. The van der Waals surface area contributed by atoms with Gasteiger partial charge in [0.1, 0.15) is 11.6 Å². The molecule has 0 saturated carbocycles. The van der Waals surface area contributed by atoms with Gasteiger partial charge >= 0.3 is 0 Å². The molecule has 0 bridgehead atoms. The zero-order valence-electron chi connectivity index (χ0n) is 18.2. The number of aromatic nitrogens is 3. The summed E-state index contributed by atoms with van der Waals surface area (Å²) in [5.74, 6) is 1.77. The van der Waals surface area contributed by atoms with Crippen molar-refractivity contribution in [2.45, 2.75) is 25.2 Å². The summed E-state index contributed by atoms with van der Waals surface area (Å²) in [4.78, 5) is 42.1. The first-order valence-electron chi connectivity index (χ1n) is 11.2. The van der Waals surface area contributed by atoms with Crippen LogP contribution in [0.2, 0.25) is 0 Å². The molecule has 8 nitrogen and oxygen atoms in total. The number of H-pyrrole nitrogens is 1. The minimum absolute atomic E-state index is 0.0741. The lowest BCUT2D eigenvalue weighted by Gasteiger charge is -2.32. The number of fused-ring (bicyclic) bond motifs is 1. The molecule has 3 aromatic rings. The van der Waals surface area contributed by atoms with Gasteiger partial charge in [0.2, 0.25) is 5.91 Å². The number of hydrogen-bond donors (Lipinski definition) is 1. The molecule has 0 spiro atoms. The van der Waals surface area contributed by atoms with E-state index < -0.39 is 0 Å². The summed E-state index contributed by atoms with van der Waals surface area (Å²) in [6.45, 7) is 2.48. The van der Waals surface area contributed by atoms with Crippen molar-refractivity contribution in [3.8, 4) is 5.75 Å². The number of benzene rings is 1. The highest BCUT2D eigenvalue weighted by Crippen LogP contribution is 2.30. The second-order valence-electron chi connectivity index (χ2n) is 8.53. The van der Waals surface area contributed by atoms with E-state index in [-0.39, 0.29) is 17.7 Å². The SMILES string of the molecule is COc1ccccc1C(=O)N1CCC(C(=O)N2CCC(c3nc4ncccc4[nH]3)CC2)C1. The van der Waals surface area contributed by atoms with Crippen molar-refractivity contribution in [2.75, 3.05) is 33.3 Å². The van der Waals surface area contributed by atoms with Crippen molar-refractivity contribution in [3.05, 3.63) is 54.0 Å². The van der Waals surface area contributed by atoms with E-state index in [4.69, 9.17) is 4.74 Å². The Bertz CT molecular complexity index is 1100. The third kappa shape index (κ3) is 3.81. The summed E-state index contributed by atoms with van der Waals surface area (Å²) < 4.78 is 5.33. The molecule has 2 saturated heterocycles. The number of piperidine rings is 1. The predicted octanol–water partition coefficient (Wildman–Crippen LogP) is 2.83. The van der Waals surface area contributed by atoms with Crippen LogP contribution in [0.15, 0.2) is 42.6 Å². The van der Waals surface area contributed by atoms with E-state index >= 15 is 0 Å². The number of para-hydroxylation sites is 1. The third-order valence-electron chi connectivity index (χ3n) is 6.63. The molecule has 2 fully saturated rings. The van der Waals surface area contributed by atoms with Crippen LogP contribution >= 0.6 is 0 Å². The largest absolute Gasteiger partial charge is 0.496 e. The Morgan fingerprint density at radius 3 is 2.59 bits per heavy atom. The second kappa shape index (κ2) is 8.61. The maximum atomic E-state index is 13.1. The Labute approximate surface area is 186 Å². The number of imidazole rings is 1. The average Bonchev–Trinajstić information content (AvgIpc) is 3.51. The van der Waals surface area contributed by atoms with Gasteiger partial charge in [-0.2, -0.15) is 0 Å². The number of aromatic amines is 1. The Morgan fingerprint density at radius 1 is 1.03 bits per heavy atom. The molecule has 1 aromatic carbocycles. The van der Waals surface area contributed by atoms with Gasteiger partial charge in [-0.25, -0.2) is 9.97 Å². The first-order chi connectivity index (χ1) is 15.6. The van der Waals surface area contributed by atoms with Crippen LogP contribution in [0.5, 0.6) is 5.75 Å². The van der Waals surface area contributed by atoms with Crippen molar-refractivity contribution in [2.24, 2.45) is 5.92 Å². The second-order valence-corrected chi connectivity index (χ2v) is 8.53. The van der Waals surface area contributed by atoms with E-state index in [1.807, 2.05) is 29.2 Å². The number of carbonyl (C=O) groups is 2. The van der Waals surface area contributed by atoms with Crippen LogP contribution in [0.3, 0.4) is 0 Å². The standard InChI is InChI=1S/C24H27N5O3/c1-32-20-7-3-2-5-18(20)24(31)29-14-10-17(15-29)23(30)28-12-8-16(9-13-28)21-26-19-6-4-11-25-22(19)27-21/h2-7,11,16-17H,8-10,12-15H2,1H3,(H,25,26,27). The molecule has 4 heterocycles. The smallest absolute Gasteiger partial charge is 0.257 e. The van der Waals surface area contributed by atoms with Crippen molar-refractivity contribution >= 4 is 23.0 Å². The van der Waals surface area contributed by atoms with E-state index in [1.165, 1.54) is 0 Å². The third-order valence-corrected chi connectivity index (χ3v) is 6.63. The van der Waals surface area contributed by atoms with Gasteiger partial charge in [0.15, 0.2) is 5.65 Å². The fourth-order valence-electron chi connectivity index (χ4n) is 4.83. The molecule has 166 valence electrons. The van der Waals surface area contributed by atoms with Gasteiger partial charge in [-0.15, -0.1) is 0 Å². The molecule has 32 heavy (non-hydrogen) atoms. The van der Waals surface area contributed by atoms with Gasteiger partial charge in [0.25, 0.3) is 5.91 Å². The maximum absolute atomic E-state index is 13.1. The molecule has 5 rings (SSSR count). The summed E-state index contributed by atoms with van der Waals surface area (Å²) in [5, 5.41) is 0. The summed E-state index contributed by atoms with van der Waals surface area (Å²) in [6.07, 6.45) is 4.21. The van der Waals surface area contributed by atoms with Crippen molar-refractivity contribution < 1.29 is 14.3 Å². The molecular formula is C24H27N5O3. The molecule has 2 aliphatic rings. The van der Waals surface area contributed by atoms with E-state index in [0.29, 0.717) is 49.8 Å². The van der Waals surface area contributed by atoms with Crippen LogP contribution in [0.25, 0.3) is 11.2 Å². The number of hydrogen-bond acceptors (Lipinski definition) is 5. The van der Waals surface area contributed by atoms with Gasteiger partial charge < -0.3 is 19.5 Å². The lowest BCUT2D eigenvalue weighted by Crippen LogP contribution is -2.42. The minimum atomic E-state index is -0.138. The first kappa shape index (κ1) is 20.5. The van der Waals surface area contributed by atoms with E-state index in [1.54, 1.807) is 30.3 Å². The van der Waals surface area contributed by atoms with Crippen LogP contribution in [-0.4, -0.2) is 69.9 Å². The molecule has 2 aromatic heterocycles. The monoisotopic (exact) mass is 433 g/mol. The highest BCUT2D eigenvalue weighted by Gasteiger charge is 2.36. The van der Waals surface area contributed by atoms with Crippen LogP contribution in [-0.2, 0) is 4.79 Å². The Hall–Kier alpha value is -3.42.